The fourth-order valence-corrected chi connectivity index (χ4v) is 3.67. The van der Waals surface area contributed by atoms with Gasteiger partial charge in [0, 0.05) is 16.1 Å². The van der Waals surface area contributed by atoms with Gasteiger partial charge in [0.15, 0.2) is 0 Å². The molecule has 0 saturated heterocycles. The van der Waals surface area contributed by atoms with Crippen LogP contribution in [0.3, 0.4) is 0 Å². The van der Waals surface area contributed by atoms with E-state index in [0.29, 0.717) is 16.1 Å². The predicted molar refractivity (Wildman–Crippen MR) is 111 cm³/mol. The van der Waals surface area contributed by atoms with Crippen LogP contribution < -0.4 is 11.1 Å². The average molecular weight is 470 g/mol. The number of hydrogen-bond donors (Lipinski definition) is 2. The summed E-state index contributed by atoms with van der Waals surface area (Å²) in [6.07, 6.45) is 0. The minimum absolute atomic E-state index is 0.0986. The van der Waals surface area contributed by atoms with Gasteiger partial charge >= 0.3 is 5.51 Å². The van der Waals surface area contributed by atoms with E-state index in [2.05, 4.69) is 10.3 Å². The summed E-state index contributed by atoms with van der Waals surface area (Å²) in [6.45, 7) is 1.59. The fourth-order valence-electron chi connectivity index (χ4n) is 2.75. The van der Waals surface area contributed by atoms with Crippen molar-refractivity contribution in [2.24, 2.45) is 0 Å². The largest absolute Gasteiger partial charge is 0.501 e. The van der Waals surface area contributed by atoms with Crippen molar-refractivity contribution in [3.63, 3.8) is 0 Å². The minimum atomic E-state index is -5.52. The first kappa shape index (κ1) is 22.6. The van der Waals surface area contributed by atoms with Crippen molar-refractivity contribution < 1.29 is 26.4 Å². The molecule has 0 aliphatic carbocycles. The van der Waals surface area contributed by atoms with Gasteiger partial charge in [-0.15, -0.1) is 0 Å². The lowest BCUT2D eigenvalue weighted by molar-refractivity contribution is -0.0436. The number of nitrogens with two attached hydrogens (primary N) is 1. The molecule has 1 amide bonds. The van der Waals surface area contributed by atoms with Gasteiger partial charge in [-0.1, -0.05) is 17.7 Å². The van der Waals surface area contributed by atoms with Gasteiger partial charge in [-0.05, 0) is 66.6 Å². The molecule has 3 rings (SSSR count). The molecule has 6 nitrogen and oxygen atoms in total. The van der Waals surface area contributed by atoms with Crippen LogP contribution in [0.15, 0.2) is 59.5 Å². The summed E-state index contributed by atoms with van der Waals surface area (Å²) < 4.78 is 62.2. The Morgan fingerprint density at radius 1 is 1.03 bits per heavy atom. The topological polar surface area (TPSA) is 102 Å². The number of amides is 1. The van der Waals surface area contributed by atoms with Crippen molar-refractivity contribution in [3.8, 4) is 11.1 Å². The highest BCUT2D eigenvalue weighted by Gasteiger charge is 2.47. The Balaban J connectivity index is 1.94. The number of nitrogen functional groups attached to an aromatic ring is 1. The highest BCUT2D eigenvalue weighted by atomic mass is 35.5. The molecule has 0 unspecified atom stereocenters. The molecule has 3 aromatic rings. The van der Waals surface area contributed by atoms with E-state index in [-0.39, 0.29) is 22.8 Å². The quantitative estimate of drug-likeness (QED) is 0.569. The molecule has 31 heavy (non-hydrogen) atoms. The maximum atomic E-state index is 12.9. The number of halogens is 4. The van der Waals surface area contributed by atoms with Crippen molar-refractivity contribution in [2.45, 2.75) is 17.3 Å². The van der Waals surface area contributed by atoms with Crippen LogP contribution in [-0.4, -0.2) is 24.8 Å². The highest BCUT2D eigenvalue weighted by Crippen LogP contribution is 2.35. The number of rotatable bonds is 4. The van der Waals surface area contributed by atoms with Gasteiger partial charge in [0.05, 0.1) is 4.90 Å². The molecular formula is C20H15ClF3N3O3S. The van der Waals surface area contributed by atoms with Crippen LogP contribution in [0, 0.1) is 6.92 Å². The van der Waals surface area contributed by atoms with Crippen LogP contribution in [0.1, 0.15) is 15.9 Å². The van der Waals surface area contributed by atoms with Gasteiger partial charge in [0.1, 0.15) is 11.6 Å². The second-order valence-corrected chi connectivity index (χ2v) is 8.89. The zero-order valence-corrected chi connectivity index (χ0v) is 17.4. The maximum Gasteiger partial charge on any atom is 0.501 e. The highest BCUT2D eigenvalue weighted by molar-refractivity contribution is 7.92. The molecule has 3 N–H and O–H groups in total. The average Bonchev–Trinajstić information content (AvgIpc) is 2.68. The summed E-state index contributed by atoms with van der Waals surface area (Å²) in [4.78, 5) is 15.4. The van der Waals surface area contributed by atoms with E-state index in [9.17, 15) is 26.4 Å². The molecule has 1 heterocycles. The number of nitrogens with one attached hydrogen (secondary N) is 1. The third-order valence-electron chi connectivity index (χ3n) is 4.39. The predicted octanol–water partition coefficient (Wildman–Crippen LogP) is 4.84. The number of hydrogen-bond acceptors (Lipinski definition) is 5. The monoisotopic (exact) mass is 469 g/mol. The van der Waals surface area contributed by atoms with E-state index < -0.39 is 26.1 Å². The van der Waals surface area contributed by atoms with Gasteiger partial charge in [0.25, 0.3) is 15.7 Å². The van der Waals surface area contributed by atoms with Gasteiger partial charge < -0.3 is 11.1 Å². The van der Waals surface area contributed by atoms with Crippen molar-refractivity contribution >= 4 is 39.0 Å². The molecule has 162 valence electrons. The summed E-state index contributed by atoms with van der Waals surface area (Å²) in [6, 6.07) is 12.0. The van der Waals surface area contributed by atoms with Gasteiger partial charge in [0.2, 0.25) is 0 Å². The van der Waals surface area contributed by atoms with Crippen LogP contribution in [-0.2, 0) is 9.84 Å². The Kier molecular flexibility index (Phi) is 5.97. The third kappa shape index (κ3) is 4.64. The number of aryl methyl sites for hydroxylation is 1. The van der Waals surface area contributed by atoms with Gasteiger partial charge in [-0.3, -0.25) is 4.79 Å². The lowest BCUT2D eigenvalue weighted by Crippen LogP contribution is -2.23. The SMILES string of the molecule is Cc1ccc(S(=O)(=O)C(F)(F)F)cc1-c1ccc(NC(=O)c2ccc(Cl)cc2)nc1N. The number of alkyl halides is 3. The van der Waals surface area contributed by atoms with Crippen LogP contribution >= 0.6 is 11.6 Å². The Morgan fingerprint density at radius 2 is 1.68 bits per heavy atom. The molecule has 0 aliphatic heterocycles. The molecule has 1 aromatic heterocycles. The molecule has 2 aromatic carbocycles. The summed E-state index contributed by atoms with van der Waals surface area (Å²) in [7, 11) is -5.52. The number of carbonyl (C=O) groups is 1. The van der Waals surface area contributed by atoms with Crippen LogP contribution in [0.25, 0.3) is 11.1 Å². The smallest absolute Gasteiger partial charge is 0.383 e. The number of nitrogens with zero attached hydrogens (tertiary/aromatic N) is 1. The second kappa shape index (κ2) is 8.20. The zero-order chi connectivity index (χ0) is 23.0. The normalized spacial score (nSPS) is 11.9. The molecule has 0 saturated carbocycles. The molecule has 0 atom stereocenters. The summed E-state index contributed by atoms with van der Waals surface area (Å²) in [5.41, 5.74) is 1.74. The maximum absolute atomic E-state index is 12.9. The van der Waals surface area contributed by atoms with Crippen LogP contribution in [0.4, 0.5) is 24.8 Å². The zero-order valence-electron chi connectivity index (χ0n) is 15.9. The standard InChI is InChI=1S/C20H15ClF3N3O3S/c1-11-2-7-14(31(29,30)20(22,23)24)10-16(11)15-8-9-17(26-18(15)25)27-19(28)12-3-5-13(21)6-4-12/h2-10H,1H3,(H3,25,26,27,28). The first-order chi connectivity index (χ1) is 14.4. The van der Waals surface area contributed by atoms with Crippen molar-refractivity contribution in [2.75, 3.05) is 11.1 Å². The van der Waals surface area contributed by atoms with Crippen LogP contribution in [0.5, 0.6) is 0 Å². The third-order valence-corrected chi connectivity index (χ3v) is 6.12. The number of carbonyl (C=O) groups excluding carboxylic acids is 1. The number of pyridine rings is 1. The molecule has 0 fully saturated rings. The Labute approximate surface area is 180 Å². The molecule has 0 spiro atoms. The van der Waals surface area contributed by atoms with Gasteiger partial charge in [-0.25, -0.2) is 13.4 Å². The van der Waals surface area contributed by atoms with Crippen molar-refractivity contribution in [3.05, 3.63) is 70.7 Å². The van der Waals surface area contributed by atoms with Crippen molar-refractivity contribution in [1.29, 1.82) is 0 Å². The van der Waals surface area contributed by atoms with E-state index in [0.717, 1.165) is 12.1 Å². The molecule has 0 radical (unpaired) electrons. The summed E-state index contributed by atoms with van der Waals surface area (Å²) in [5.74, 6) is -0.456. The summed E-state index contributed by atoms with van der Waals surface area (Å²) in [5, 5.41) is 3.02. The Bertz CT molecular complexity index is 1260. The van der Waals surface area contributed by atoms with Crippen LogP contribution in [0.2, 0.25) is 5.02 Å². The minimum Gasteiger partial charge on any atom is -0.383 e. The fraction of sp³-hybridized carbons (Fsp3) is 0.100. The number of sulfone groups is 1. The van der Waals surface area contributed by atoms with E-state index in [1.54, 1.807) is 19.1 Å². The van der Waals surface area contributed by atoms with E-state index in [1.807, 2.05) is 0 Å². The first-order valence-corrected chi connectivity index (χ1v) is 10.5. The Morgan fingerprint density at radius 3 is 2.26 bits per heavy atom. The number of anilines is 2. The molecule has 0 bridgehead atoms. The first-order valence-electron chi connectivity index (χ1n) is 8.66. The molecule has 11 heteroatoms. The van der Waals surface area contributed by atoms with E-state index >= 15 is 0 Å². The molecule has 0 aliphatic rings. The van der Waals surface area contributed by atoms with E-state index in [1.165, 1.54) is 30.3 Å². The lowest BCUT2D eigenvalue weighted by atomic mass is 10.0. The number of aromatic nitrogens is 1. The Hall–Kier alpha value is -3.11. The van der Waals surface area contributed by atoms with Gasteiger partial charge in [-0.2, -0.15) is 13.2 Å². The second-order valence-electron chi connectivity index (χ2n) is 6.52. The molecular weight excluding hydrogens is 455 g/mol. The summed E-state index contributed by atoms with van der Waals surface area (Å²) >= 11 is 5.79. The van der Waals surface area contributed by atoms with E-state index in [4.69, 9.17) is 17.3 Å². The van der Waals surface area contributed by atoms with Crippen molar-refractivity contribution in [1.82, 2.24) is 4.98 Å². The number of benzene rings is 2. The lowest BCUT2D eigenvalue weighted by Gasteiger charge is -2.14.